The molecule has 0 aliphatic heterocycles. The van der Waals surface area contributed by atoms with Gasteiger partial charge in [0.15, 0.2) is 0 Å². The van der Waals surface area contributed by atoms with Crippen molar-refractivity contribution < 1.29 is 14.6 Å². The van der Waals surface area contributed by atoms with Crippen molar-refractivity contribution >= 4 is 43.4 Å². The zero-order valence-electron chi connectivity index (χ0n) is 14.9. The van der Waals surface area contributed by atoms with Crippen LogP contribution < -0.4 is 15.2 Å². The molecule has 7 heteroatoms. The molecule has 0 saturated carbocycles. The Morgan fingerprint density at radius 3 is 2.74 bits per heavy atom. The van der Waals surface area contributed by atoms with Crippen LogP contribution in [-0.2, 0) is 6.54 Å². The molecule has 0 atom stereocenters. The second-order valence-corrected chi connectivity index (χ2v) is 7.03. The van der Waals surface area contributed by atoms with Gasteiger partial charge < -0.3 is 24.9 Å². The number of anilines is 1. The average Bonchev–Trinajstić information content (AvgIpc) is 2.98. The van der Waals surface area contributed by atoms with Crippen molar-refractivity contribution in [2.75, 3.05) is 20.0 Å². The first-order valence-corrected chi connectivity index (χ1v) is 9.09. The van der Waals surface area contributed by atoms with E-state index in [0.717, 1.165) is 20.9 Å². The third-order valence-electron chi connectivity index (χ3n) is 4.64. The molecule has 3 N–H and O–H groups in total. The van der Waals surface area contributed by atoms with Gasteiger partial charge in [0.2, 0.25) is 5.88 Å². The number of nitrogens with two attached hydrogens (primary N) is 1. The number of nitrogen functional groups attached to an aromatic ring is 1. The topological polar surface area (TPSA) is 82.5 Å². The Kier molecular flexibility index (Phi) is 4.31. The summed E-state index contributed by atoms with van der Waals surface area (Å²) in [6.07, 6.45) is 1.79. The van der Waals surface area contributed by atoms with Crippen LogP contribution in [0, 0.1) is 0 Å². The Bertz CT molecular complexity index is 1170. The summed E-state index contributed by atoms with van der Waals surface area (Å²) < 4.78 is 13.3. The molecule has 0 radical (unpaired) electrons. The van der Waals surface area contributed by atoms with E-state index in [-0.39, 0.29) is 5.88 Å². The summed E-state index contributed by atoms with van der Waals surface area (Å²) in [7, 11) is 3.22. The molecule has 0 aliphatic carbocycles. The molecular formula is C20H18BrN3O3. The van der Waals surface area contributed by atoms with Crippen molar-refractivity contribution in [2.45, 2.75) is 6.54 Å². The normalized spacial score (nSPS) is 11.2. The van der Waals surface area contributed by atoms with Crippen molar-refractivity contribution in [1.82, 2.24) is 9.55 Å². The predicted molar refractivity (Wildman–Crippen MR) is 110 cm³/mol. The van der Waals surface area contributed by atoms with Gasteiger partial charge >= 0.3 is 0 Å². The fourth-order valence-electron chi connectivity index (χ4n) is 3.29. The number of aromatic nitrogens is 2. The van der Waals surface area contributed by atoms with Gasteiger partial charge in [0, 0.05) is 21.6 Å². The standard InChI is InChI=1S/C20H18BrN3O3/c1-26-12-6-7-16(27-2)11(8-12)9-24-10-15-17(20(24)25)18(22)13-4-3-5-14(21)19(13)23-15/h3-8,10,25H,9,22H2,1-2H3. The fraction of sp³-hybridized carbons (Fsp3) is 0.150. The number of hydrogen-bond donors (Lipinski definition) is 2. The summed E-state index contributed by atoms with van der Waals surface area (Å²) in [5.41, 5.74) is 9.12. The maximum Gasteiger partial charge on any atom is 0.203 e. The second-order valence-electron chi connectivity index (χ2n) is 6.18. The summed E-state index contributed by atoms with van der Waals surface area (Å²) in [6.45, 7) is 0.388. The smallest absolute Gasteiger partial charge is 0.203 e. The summed E-state index contributed by atoms with van der Waals surface area (Å²) in [5.74, 6) is 1.50. The van der Waals surface area contributed by atoms with Crippen molar-refractivity contribution in [2.24, 2.45) is 0 Å². The number of para-hydroxylation sites is 1. The highest BCUT2D eigenvalue weighted by Crippen LogP contribution is 2.38. The molecule has 0 fully saturated rings. The minimum atomic E-state index is 0.0711. The van der Waals surface area contributed by atoms with Crippen LogP contribution in [0.5, 0.6) is 17.4 Å². The van der Waals surface area contributed by atoms with Crippen LogP contribution in [0.15, 0.2) is 47.1 Å². The van der Waals surface area contributed by atoms with Gasteiger partial charge in [-0.15, -0.1) is 0 Å². The maximum absolute atomic E-state index is 10.8. The number of ether oxygens (including phenoxy) is 2. The lowest BCUT2D eigenvalue weighted by Crippen LogP contribution is -2.01. The van der Waals surface area contributed by atoms with E-state index in [4.69, 9.17) is 15.2 Å². The zero-order chi connectivity index (χ0) is 19.1. The van der Waals surface area contributed by atoms with Crippen molar-refractivity contribution in [1.29, 1.82) is 0 Å². The second kappa shape index (κ2) is 6.66. The number of rotatable bonds is 4. The molecule has 2 aromatic heterocycles. The third kappa shape index (κ3) is 2.84. The number of aromatic hydroxyl groups is 1. The van der Waals surface area contributed by atoms with Crippen molar-refractivity contribution in [3.05, 3.63) is 52.6 Å². The number of methoxy groups -OCH3 is 2. The van der Waals surface area contributed by atoms with E-state index < -0.39 is 0 Å². The minimum Gasteiger partial charge on any atom is -0.497 e. The SMILES string of the molecule is COc1ccc(OC)c(Cn2cc3nc4c(Br)cccc4c(N)c3c2O)c1. The van der Waals surface area contributed by atoms with Crippen LogP contribution in [0.1, 0.15) is 5.56 Å². The Labute approximate surface area is 164 Å². The summed E-state index contributed by atoms with van der Waals surface area (Å²) in [6, 6.07) is 11.3. The van der Waals surface area contributed by atoms with Gasteiger partial charge in [0.1, 0.15) is 11.5 Å². The molecule has 2 heterocycles. The van der Waals surface area contributed by atoms with Crippen LogP contribution in [0.4, 0.5) is 5.69 Å². The van der Waals surface area contributed by atoms with Crippen molar-refractivity contribution in [3.63, 3.8) is 0 Å². The maximum atomic E-state index is 10.8. The van der Waals surface area contributed by atoms with Crippen LogP contribution >= 0.6 is 15.9 Å². The van der Waals surface area contributed by atoms with Crippen LogP contribution in [0.3, 0.4) is 0 Å². The number of halogens is 1. The molecule has 0 saturated heterocycles. The van der Waals surface area contributed by atoms with Gasteiger partial charge in [-0.25, -0.2) is 4.98 Å². The number of pyridine rings is 1. The molecule has 4 rings (SSSR count). The van der Waals surface area contributed by atoms with E-state index in [0.29, 0.717) is 34.6 Å². The van der Waals surface area contributed by atoms with E-state index >= 15 is 0 Å². The molecule has 27 heavy (non-hydrogen) atoms. The highest BCUT2D eigenvalue weighted by molar-refractivity contribution is 9.10. The van der Waals surface area contributed by atoms with E-state index in [2.05, 4.69) is 20.9 Å². The predicted octanol–water partition coefficient (Wildman–Crippen LogP) is 4.31. The summed E-state index contributed by atoms with van der Waals surface area (Å²) in [4.78, 5) is 4.67. The zero-order valence-corrected chi connectivity index (χ0v) is 16.4. The molecule has 0 unspecified atom stereocenters. The lowest BCUT2D eigenvalue weighted by molar-refractivity contribution is 0.393. The van der Waals surface area contributed by atoms with Gasteiger partial charge in [-0.05, 0) is 40.2 Å². The van der Waals surface area contributed by atoms with Gasteiger partial charge in [0.05, 0.1) is 42.9 Å². The number of nitrogens with zero attached hydrogens (tertiary/aromatic N) is 2. The Morgan fingerprint density at radius 1 is 1.19 bits per heavy atom. The first-order valence-electron chi connectivity index (χ1n) is 8.30. The molecule has 6 nitrogen and oxygen atoms in total. The first kappa shape index (κ1) is 17.5. The number of fused-ring (bicyclic) bond motifs is 2. The molecule has 0 amide bonds. The quantitative estimate of drug-likeness (QED) is 0.507. The van der Waals surface area contributed by atoms with Gasteiger partial charge in [0.25, 0.3) is 0 Å². The lowest BCUT2D eigenvalue weighted by atomic mass is 10.1. The molecule has 4 aromatic rings. The Balaban J connectivity index is 1.89. The van der Waals surface area contributed by atoms with Crippen LogP contribution in [-0.4, -0.2) is 28.9 Å². The highest BCUT2D eigenvalue weighted by Gasteiger charge is 2.17. The summed E-state index contributed by atoms with van der Waals surface area (Å²) >= 11 is 3.51. The van der Waals surface area contributed by atoms with E-state index in [9.17, 15) is 5.11 Å². The summed E-state index contributed by atoms with van der Waals surface area (Å²) in [5, 5.41) is 12.1. The molecule has 0 aliphatic rings. The van der Waals surface area contributed by atoms with Gasteiger partial charge in [-0.2, -0.15) is 0 Å². The van der Waals surface area contributed by atoms with Crippen LogP contribution in [0.2, 0.25) is 0 Å². The number of benzene rings is 2. The first-order chi connectivity index (χ1) is 13.0. The Morgan fingerprint density at radius 2 is 2.00 bits per heavy atom. The lowest BCUT2D eigenvalue weighted by Gasteiger charge is -2.12. The third-order valence-corrected chi connectivity index (χ3v) is 5.28. The molecule has 2 aromatic carbocycles. The fourth-order valence-corrected chi connectivity index (χ4v) is 3.74. The molecule has 0 bridgehead atoms. The van der Waals surface area contributed by atoms with E-state index in [1.54, 1.807) is 25.0 Å². The largest absolute Gasteiger partial charge is 0.497 e. The van der Waals surface area contributed by atoms with Crippen LogP contribution in [0.25, 0.3) is 21.8 Å². The molecule has 138 valence electrons. The minimum absolute atomic E-state index is 0.0711. The average molecular weight is 428 g/mol. The van der Waals surface area contributed by atoms with Gasteiger partial charge in [-0.1, -0.05) is 12.1 Å². The monoisotopic (exact) mass is 427 g/mol. The molecule has 0 spiro atoms. The highest BCUT2D eigenvalue weighted by atomic mass is 79.9. The number of hydrogen-bond acceptors (Lipinski definition) is 5. The Hall–Kier alpha value is -2.93. The van der Waals surface area contributed by atoms with Crippen molar-refractivity contribution in [3.8, 4) is 17.4 Å². The van der Waals surface area contributed by atoms with E-state index in [1.165, 1.54) is 0 Å². The molecular weight excluding hydrogens is 410 g/mol. The van der Waals surface area contributed by atoms with Gasteiger partial charge in [-0.3, -0.25) is 0 Å². The van der Waals surface area contributed by atoms with E-state index in [1.807, 2.05) is 36.4 Å².